The molecule has 0 spiro atoms. The molecule has 92 valence electrons. The van der Waals surface area contributed by atoms with Crippen molar-refractivity contribution in [1.29, 1.82) is 0 Å². The molecule has 0 aromatic heterocycles. The first kappa shape index (κ1) is 14.9. The van der Waals surface area contributed by atoms with E-state index in [0.29, 0.717) is 13.0 Å². The molecular weight excluding hydrogens is 216 g/mol. The molecule has 4 nitrogen and oxygen atoms in total. The zero-order valence-corrected chi connectivity index (χ0v) is 11.0. The van der Waals surface area contributed by atoms with E-state index in [0.717, 1.165) is 6.26 Å². The number of hydrogen-bond donors (Lipinski definition) is 1. The number of hydrogen-bond acceptors (Lipinski definition) is 4. The highest BCUT2D eigenvalue weighted by atomic mass is 32.2. The topological polar surface area (TPSA) is 63.6 Å². The molecule has 0 amide bonds. The lowest BCUT2D eigenvalue weighted by Gasteiger charge is -2.32. The average molecular weight is 238 g/mol. The van der Waals surface area contributed by atoms with Crippen LogP contribution in [0.15, 0.2) is 0 Å². The van der Waals surface area contributed by atoms with Crippen LogP contribution in [-0.2, 0) is 14.6 Å². The highest BCUT2D eigenvalue weighted by Gasteiger charge is 2.40. The fourth-order valence-electron chi connectivity index (χ4n) is 1.37. The Bertz CT molecular complexity index is 282. The number of methoxy groups -OCH3 is 1. The van der Waals surface area contributed by atoms with Crippen molar-refractivity contribution in [2.24, 2.45) is 5.92 Å². The van der Waals surface area contributed by atoms with Gasteiger partial charge in [-0.3, -0.25) is 0 Å². The lowest BCUT2D eigenvalue weighted by Crippen LogP contribution is -2.47. The molecule has 2 atom stereocenters. The van der Waals surface area contributed by atoms with Crippen LogP contribution in [0.1, 0.15) is 27.2 Å². The van der Waals surface area contributed by atoms with Gasteiger partial charge in [-0.05, 0) is 26.2 Å². The largest absolute Gasteiger partial charge is 0.391 e. The van der Waals surface area contributed by atoms with E-state index in [2.05, 4.69) is 0 Å². The Morgan fingerprint density at radius 2 is 1.87 bits per heavy atom. The van der Waals surface area contributed by atoms with Gasteiger partial charge in [0.2, 0.25) is 0 Å². The van der Waals surface area contributed by atoms with E-state index < -0.39 is 20.7 Å². The molecule has 0 radical (unpaired) electrons. The van der Waals surface area contributed by atoms with E-state index in [1.54, 1.807) is 21.0 Å². The van der Waals surface area contributed by atoms with Crippen LogP contribution in [0, 0.1) is 5.92 Å². The molecule has 0 saturated heterocycles. The third kappa shape index (κ3) is 3.74. The Hall–Kier alpha value is -0.130. The molecule has 0 aromatic carbocycles. The fraction of sp³-hybridized carbons (Fsp3) is 1.00. The van der Waals surface area contributed by atoms with Crippen LogP contribution in [0.3, 0.4) is 0 Å². The van der Waals surface area contributed by atoms with Crippen molar-refractivity contribution in [1.82, 2.24) is 0 Å². The van der Waals surface area contributed by atoms with Crippen LogP contribution in [0.2, 0.25) is 0 Å². The molecule has 1 N–H and O–H groups in total. The summed E-state index contributed by atoms with van der Waals surface area (Å²) in [6, 6.07) is 0. The lowest BCUT2D eigenvalue weighted by atomic mass is 9.92. The summed E-state index contributed by atoms with van der Waals surface area (Å²) in [6.45, 7) is 5.46. The van der Waals surface area contributed by atoms with Crippen molar-refractivity contribution >= 4 is 9.84 Å². The highest BCUT2D eigenvalue weighted by molar-refractivity contribution is 7.92. The van der Waals surface area contributed by atoms with Crippen molar-refractivity contribution in [2.75, 3.05) is 20.0 Å². The Kier molecular flexibility index (Phi) is 5.23. The van der Waals surface area contributed by atoms with Crippen LogP contribution < -0.4 is 0 Å². The summed E-state index contributed by atoms with van der Waals surface area (Å²) >= 11 is 0. The number of ether oxygens (including phenoxy) is 1. The first-order chi connectivity index (χ1) is 6.64. The molecule has 15 heavy (non-hydrogen) atoms. The zero-order valence-electron chi connectivity index (χ0n) is 10.1. The molecule has 2 unspecified atom stereocenters. The van der Waals surface area contributed by atoms with Crippen molar-refractivity contribution in [3.8, 4) is 0 Å². The monoisotopic (exact) mass is 238 g/mol. The van der Waals surface area contributed by atoms with Gasteiger partial charge in [0, 0.05) is 20.0 Å². The predicted molar refractivity (Wildman–Crippen MR) is 60.6 cm³/mol. The Morgan fingerprint density at radius 1 is 1.40 bits per heavy atom. The molecule has 0 aliphatic rings. The third-order valence-electron chi connectivity index (χ3n) is 2.98. The first-order valence-corrected chi connectivity index (χ1v) is 6.90. The summed E-state index contributed by atoms with van der Waals surface area (Å²) in [5.41, 5.74) is 0. The summed E-state index contributed by atoms with van der Waals surface area (Å²) in [5, 5.41) is 9.97. The summed E-state index contributed by atoms with van der Waals surface area (Å²) in [5.74, 6) is -0.102. The van der Waals surface area contributed by atoms with E-state index >= 15 is 0 Å². The van der Waals surface area contributed by atoms with Gasteiger partial charge in [0.05, 0.1) is 10.9 Å². The minimum atomic E-state index is -3.26. The van der Waals surface area contributed by atoms with Crippen molar-refractivity contribution in [3.63, 3.8) is 0 Å². The summed E-state index contributed by atoms with van der Waals surface area (Å²) < 4.78 is 26.8. The summed E-state index contributed by atoms with van der Waals surface area (Å²) in [4.78, 5) is 0. The Labute approximate surface area is 92.6 Å². The van der Waals surface area contributed by atoms with Crippen LogP contribution in [0.4, 0.5) is 0 Å². The van der Waals surface area contributed by atoms with E-state index in [4.69, 9.17) is 4.74 Å². The van der Waals surface area contributed by atoms with Crippen molar-refractivity contribution in [2.45, 2.75) is 38.0 Å². The second-order valence-electron chi connectivity index (χ2n) is 4.58. The van der Waals surface area contributed by atoms with Gasteiger partial charge in [0.25, 0.3) is 0 Å². The molecule has 0 aliphatic carbocycles. The van der Waals surface area contributed by atoms with Crippen LogP contribution in [-0.4, -0.2) is 44.3 Å². The molecule has 0 aromatic rings. The van der Waals surface area contributed by atoms with Crippen LogP contribution >= 0.6 is 0 Å². The number of rotatable bonds is 6. The molecule has 0 aliphatic heterocycles. The van der Waals surface area contributed by atoms with E-state index in [-0.39, 0.29) is 5.92 Å². The van der Waals surface area contributed by atoms with E-state index in [9.17, 15) is 13.5 Å². The summed E-state index contributed by atoms with van der Waals surface area (Å²) in [7, 11) is -1.68. The molecule has 0 fully saturated rings. The summed E-state index contributed by atoms with van der Waals surface area (Å²) in [6.07, 6.45) is 0.929. The maximum atomic E-state index is 11.5. The maximum Gasteiger partial charge on any atom is 0.155 e. The van der Waals surface area contributed by atoms with Gasteiger partial charge in [0.1, 0.15) is 0 Å². The number of sulfone groups is 1. The SMILES string of the molecule is COCCC(C)C(O)C(C)(C)S(C)(=O)=O. The first-order valence-electron chi connectivity index (χ1n) is 5.01. The minimum Gasteiger partial charge on any atom is -0.391 e. The Balaban J connectivity index is 4.62. The smallest absolute Gasteiger partial charge is 0.155 e. The zero-order chi connectivity index (χ0) is 12.3. The third-order valence-corrected chi connectivity index (χ3v) is 5.14. The maximum absolute atomic E-state index is 11.5. The van der Waals surface area contributed by atoms with E-state index in [1.807, 2.05) is 6.92 Å². The van der Waals surface area contributed by atoms with Gasteiger partial charge in [-0.1, -0.05) is 6.92 Å². The van der Waals surface area contributed by atoms with Crippen molar-refractivity contribution < 1.29 is 18.3 Å². The van der Waals surface area contributed by atoms with Gasteiger partial charge < -0.3 is 9.84 Å². The second kappa shape index (κ2) is 5.27. The molecule has 0 saturated carbocycles. The minimum absolute atomic E-state index is 0.102. The van der Waals surface area contributed by atoms with Gasteiger partial charge in [-0.2, -0.15) is 0 Å². The number of aliphatic hydroxyl groups is 1. The average Bonchev–Trinajstić information content (AvgIpc) is 2.10. The standard InChI is InChI=1S/C10H22O4S/c1-8(6-7-14-4)9(11)10(2,3)15(5,12)13/h8-9,11H,6-7H2,1-5H3. The molecule has 0 bridgehead atoms. The van der Waals surface area contributed by atoms with Gasteiger partial charge in [-0.15, -0.1) is 0 Å². The van der Waals surface area contributed by atoms with Crippen molar-refractivity contribution in [3.05, 3.63) is 0 Å². The normalized spacial score (nSPS) is 17.5. The quantitative estimate of drug-likeness (QED) is 0.745. The van der Waals surface area contributed by atoms with E-state index in [1.165, 1.54) is 0 Å². The predicted octanol–water partition coefficient (Wildman–Crippen LogP) is 0.843. The highest BCUT2D eigenvalue weighted by Crippen LogP contribution is 2.26. The van der Waals surface area contributed by atoms with Crippen LogP contribution in [0.25, 0.3) is 0 Å². The molecule has 0 heterocycles. The Morgan fingerprint density at radius 3 is 2.20 bits per heavy atom. The second-order valence-corrected chi connectivity index (χ2v) is 7.18. The van der Waals surface area contributed by atoms with Crippen LogP contribution in [0.5, 0.6) is 0 Å². The lowest BCUT2D eigenvalue weighted by molar-refractivity contribution is 0.0636. The molecule has 0 rings (SSSR count). The van der Waals surface area contributed by atoms with Gasteiger partial charge >= 0.3 is 0 Å². The molecule has 5 heteroatoms. The fourth-order valence-corrected chi connectivity index (χ4v) is 2.04. The van der Waals surface area contributed by atoms with Gasteiger partial charge in [-0.25, -0.2) is 8.42 Å². The molecular formula is C10H22O4S. The number of aliphatic hydroxyl groups excluding tert-OH is 1. The van der Waals surface area contributed by atoms with Gasteiger partial charge in [0.15, 0.2) is 9.84 Å².